The standard InChI is InChI=1S/C20H20OP.C17H23NO4.C15H19NO3.C11H18O4.2C10H16O4.C8H12O3.C2H6O2/c1-21-17-22(18-11-5-2-6-12-18,19-13-7-3-8-14-19)20-15-9-4-10-16-20;1-16(7-9-17(10-8-16)21-11-12-22-17)18-15(19)20-13-14-5-3-2-4-6-14;1-15(9-7-13(17)8-10-15)16-14(18)19-11-12-5-3-2-4-6-12;1-10(9(12)13-2)3-5-11(6-4-10)14-7-8-15-11;1-9(8(11)12)2-4-10(5-3-9)13-6-7-14-10;1-12-9(11)8-2-4-10(5-3-8)13-6-7-14-10;1-11-8(10)6-2-4-7(9)5-3-6;3-1-2-4/h2-16H,17H2,1H3;2-6H,7-13H2,1H3,(H,18,19);2-6H,7-11H2,1H3,(H,16,18);3-8H2,1-2H3;2-7H2,1H3,(H,11,12);8H,2-7H2,1H3;6H,2-5H2,1H3;3-4H,1-2H2/q+1;;;;;;;. The first-order valence-electron chi connectivity index (χ1n) is 42.5. The lowest BCUT2D eigenvalue weighted by Crippen LogP contribution is -2.52. The van der Waals surface area contributed by atoms with Crippen molar-refractivity contribution in [1.29, 1.82) is 0 Å². The third kappa shape index (κ3) is 29.8. The minimum absolute atomic E-state index is 0.0299. The van der Waals surface area contributed by atoms with Crippen molar-refractivity contribution in [3.8, 4) is 0 Å². The molecule has 4 spiro atoms. The molecular weight excluding hydrogens is 1580 g/mol. The van der Waals surface area contributed by atoms with Gasteiger partial charge in [0, 0.05) is 95.2 Å². The molecule has 0 unspecified atom stereocenters. The van der Waals surface area contributed by atoms with Crippen molar-refractivity contribution in [1.82, 2.24) is 10.6 Å². The smallest absolute Gasteiger partial charge is 0.407 e. The number of ketones is 2. The summed E-state index contributed by atoms with van der Waals surface area (Å²) in [5, 5.41) is 34.2. The Kier molecular flexibility index (Phi) is 39.2. The van der Waals surface area contributed by atoms with Crippen LogP contribution in [0.3, 0.4) is 0 Å². The Morgan fingerprint density at radius 3 is 0.992 bits per heavy atom. The van der Waals surface area contributed by atoms with Gasteiger partial charge in [-0.3, -0.25) is 28.8 Å². The van der Waals surface area contributed by atoms with Gasteiger partial charge in [0.25, 0.3) is 0 Å². The van der Waals surface area contributed by atoms with E-state index in [0.717, 1.165) is 88.2 Å². The lowest BCUT2D eigenvalue weighted by atomic mass is 9.73. The average Bonchev–Trinajstić information content (AvgIpc) is 1.22. The zero-order chi connectivity index (χ0) is 87.3. The number of carboxylic acid groups (broad SMARTS) is 1. The van der Waals surface area contributed by atoms with Gasteiger partial charge in [0.2, 0.25) is 0 Å². The summed E-state index contributed by atoms with van der Waals surface area (Å²) < 4.78 is 75.2. The minimum atomic E-state index is -1.78. The van der Waals surface area contributed by atoms with Crippen LogP contribution in [0.25, 0.3) is 0 Å². The van der Waals surface area contributed by atoms with E-state index in [1.807, 2.05) is 74.5 Å². The minimum Gasteiger partial charge on any atom is -0.481 e. The molecule has 10 fully saturated rings. The number of Topliss-reactive ketones (excluding diaryl/α,β-unsaturated/α-hetero) is 2. The fourth-order valence-corrected chi connectivity index (χ4v) is 20.2. The second-order valence-corrected chi connectivity index (χ2v) is 36.6. The summed E-state index contributed by atoms with van der Waals surface area (Å²) in [7, 11) is 4.29. The van der Waals surface area contributed by atoms with Crippen molar-refractivity contribution < 1.29 is 120 Å². The predicted octanol–water partition coefficient (Wildman–Crippen LogP) is 13.2. The summed E-state index contributed by atoms with van der Waals surface area (Å²) in [6.07, 6.45) is 17.2. The third-order valence-corrected chi connectivity index (χ3v) is 28.5. The van der Waals surface area contributed by atoms with Crippen molar-refractivity contribution in [3.05, 3.63) is 163 Å². The molecule has 5 aromatic rings. The normalized spacial score (nSPS) is 22.9. The zero-order valence-corrected chi connectivity index (χ0v) is 72.9. The van der Waals surface area contributed by atoms with E-state index in [9.17, 15) is 38.4 Å². The van der Waals surface area contributed by atoms with Crippen LogP contribution in [0.1, 0.15) is 193 Å². The second-order valence-electron chi connectivity index (χ2n) is 33.2. The number of carboxylic acids is 1. The van der Waals surface area contributed by atoms with Crippen LogP contribution >= 0.6 is 7.26 Å². The number of benzene rings is 5. The molecule has 5 aromatic carbocycles. The van der Waals surface area contributed by atoms with Gasteiger partial charge in [-0.05, 0) is 152 Å². The molecule has 10 aliphatic rings. The van der Waals surface area contributed by atoms with Gasteiger partial charge in [-0.2, -0.15) is 0 Å². The maximum Gasteiger partial charge on any atom is 0.407 e. The van der Waals surface area contributed by atoms with Crippen LogP contribution < -0.4 is 26.5 Å². The van der Waals surface area contributed by atoms with Crippen LogP contribution in [0.5, 0.6) is 0 Å². The topological polar surface area (TPSA) is 351 Å². The molecule has 15 rings (SSSR count). The van der Waals surface area contributed by atoms with Gasteiger partial charge in [-0.1, -0.05) is 115 Å². The summed E-state index contributed by atoms with van der Waals surface area (Å²) in [6, 6.07) is 51.5. The van der Waals surface area contributed by atoms with E-state index in [4.69, 9.17) is 76.9 Å². The molecule has 4 saturated heterocycles. The molecule has 0 aromatic heterocycles. The lowest BCUT2D eigenvalue weighted by Gasteiger charge is -2.41. The Labute approximate surface area is 713 Å². The number of methoxy groups -OCH3 is 4. The van der Waals surface area contributed by atoms with E-state index in [1.165, 1.54) is 37.2 Å². The number of aliphatic hydroxyl groups is 2. The number of carbonyl (C=O) groups is 8. The van der Waals surface area contributed by atoms with E-state index in [1.54, 1.807) is 14.0 Å². The molecule has 4 aliphatic heterocycles. The van der Waals surface area contributed by atoms with Crippen LogP contribution in [-0.4, -0.2) is 198 Å². The second kappa shape index (κ2) is 48.2. The summed E-state index contributed by atoms with van der Waals surface area (Å²) in [4.78, 5) is 90.5. The van der Waals surface area contributed by atoms with E-state index in [0.29, 0.717) is 143 Å². The Morgan fingerprint density at radius 2 is 0.678 bits per heavy atom. The summed E-state index contributed by atoms with van der Waals surface area (Å²) in [5.74, 6) is -2.16. The number of rotatable bonds is 16. The Hall–Kier alpha value is -8.15. The van der Waals surface area contributed by atoms with Gasteiger partial charge in [-0.15, -0.1) is 0 Å². The van der Waals surface area contributed by atoms with Crippen molar-refractivity contribution >= 4 is 70.8 Å². The van der Waals surface area contributed by atoms with Crippen LogP contribution in [0.2, 0.25) is 0 Å². The van der Waals surface area contributed by atoms with Crippen molar-refractivity contribution in [2.24, 2.45) is 22.7 Å². The van der Waals surface area contributed by atoms with Gasteiger partial charge in [-0.25, -0.2) is 9.59 Å². The Bertz CT molecular complexity index is 3810. The Balaban J connectivity index is 0.000000176. The number of esters is 3. The van der Waals surface area contributed by atoms with Gasteiger partial charge in [0.15, 0.2) is 29.5 Å². The molecular formula is C93H130N2O25P+. The number of hydrogen-bond acceptors (Lipinski definition) is 24. The number of aliphatic hydroxyl groups excluding tert-OH is 2. The highest BCUT2D eigenvalue weighted by atomic mass is 31.2. The molecule has 2 amide bonds. The highest BCUT2D eigenvalue weighted by Gasteiger charge is 2.51. The monoisotopic (exact) mass is 1710 g/mol. The number of alkyl carbamates (subject to hydrolysis) is 2. The molecule has 4 heterocycles. The first kappa shape index (κ1) is 98.3. The van der Waals surface area contributed by atoms with E-state index in [2.05, 4.69) is 113 Å². The van der Waals surface area contributed by atoms with Crippen LogP contribution in [0.15, 0.2) is 152 Å². The van der Waals surface area contributed by atoms with Gasteiger partial charge >= 0.3 is 36.1 Å². The number of aliphatic carboxylic acids is 1. The molecule has 28 heteroatoms. The highest BCUT2D eigenvalue weighted by Crippen LogP contribution is 2.55. The Morgan fingerprint density at radius 1 is 0.380 bits per heavy atom. The van der Waals surface area contributed by atoms with E-state index >= 15 is 0 Å². The molecule has 5 N–H and O–H groups in total. The fourth-order valence-electron chi connectivity index (χ4n) is 16.4. The SMILES string of the molecule is CC1(C(=O)O)CCC2(CC1)OCCO2.CC1(NC(=O)OCc2ccccc2)CCC(=O)CC1.CC1(NC(=O)OCc2ccccc2)CCC2(CC1)OCCO2.COC(=O)C1(C)CCC2(CC1)OCCO2.COC(=O)C1CCC(=O)CC1.COC(=O)C1CCC2(CC1)OCCO2.COC[P+](c1ccccc1)(c1ccccc1)c1ccccc1.OCCO. The van der Waals surface area contributed by atoms with Crippen LogP contribution in [0.4, 0.5) is 9.59 Å². The molecule has 0 radical (unpaired) electrons. The summed E-state index contributed by atoms with van der Waals surface area (Å²) >= 11 is 0. The third-order valence-electron chi connectivity index (χ3n) is 24.3. The molecule has 666 valence electrons. The van der Waals surface area contributed by atoms with Gasteiger partial charge < -0.3 is 92.3 Å². The van der Waals surface area contributed by atoms with Crippen LogP contribution in [-0.2, 0) is 108 Å². The van der Waals surface area contributed by atoms with Crippen molar-refractivity contribution in [2.45, 2.75) is 229 Å². The number of hydrogen-bond donors (Lipinski definition) is 5. The lowest BCUT2D eigenvalue weighted by molar-refractivity contribution is -0.197. The average molecular weight is 1710 g/mol. The van der Waals surface area contributed by atoms with Gasteiger partial charge in [0.05, 0.1) is 110 Å². The summed E-state index contributed by atoms with van der Waals surface area (Å²) in [5.41, 5.74) is 0.436. The number of carbonyl (C=O) groups excluding carboxylic acids is 7. The maximum absolute atomic E-state index is 12.0. The molecule has 121 heavy (non-hydrogen) atoms. The number of ether oxygens (including phenoxy) is 14. The largest absolute Gasteiger partial charge is 0.481 e. The predicted molar refractivity (Wildman–Crippen MR) is 454 cm³/mol. The molecule has 6 aliphatic carbocycles. The number of nitrogens with one attached hydrogen (secondary N) is 2. The highest BCUT2D eigenvalue weighted by molar-refractivity contribution is 7.95. The summed E-state index contributed by atoms with van der Waals surface area (Å²) in [6.45, 7) is 13.4. The first-order valence-corrected chi connectivity index (χ1v) is 44.5. The van der Waals surface area contributed by atoms with E-state index in [-0.39, 0.29) is 89.5 Å². The van der Waals surface area contributed by atoms with Crippen molar-refractivity contribution in [2.75, 3.05) is 101 Å². The molecule has 27 nitrogen and oxygen atoms in total. The zero-order valence-electron chi connectivity index (χ0n) is 72.0. The fraction of sp³-hybridized carbons (Fsp3) is 0.591. The number of amides is 2. The van der Waals surface area contributed by atoms with Crippen LogP contribution in [0, 0.1) is 22.7 Å². The quantitative estimate of drug-likeness (QED) is 0.0348. The molecule has 0 atom stereocenters. The van der Waals surface area contributed by atoms with Gasteiger partial charge in [0.1, 0.15) is 48.0 Å². The molecule has 6 saturated carbocycles. The van der Waals surface area contributed by atoms with E-state index < -0.39 is 42.1 Å². The molecule has 0 bridgehead atoms. The maximum atomic E-state index is 12.0. The first-order chi connectivity index (χ1) is 58.1. The van der Waals surface area contributed by atoms with Crippen molar-refractivity contribution in [3.63, 3.8) is 0 Å².